The molecule has 0 aliphatic carbocycles. The van der Waals surface area contributed by atoms with Crippen LogP contribution < -0.4 is 4.90 Å². The van der Waals surface area contributed by atoms with E-state index in [0.29, 0.717) is 11.3 Å². The number of benzene rings is 1. The Bertz CT molecular complexity index is 850. The maximum Gasteiger partial charge on any atom is 0.355 e. The molecule has 0 amide bonds. The highest BCUT2D eigenvalue weighted by Crippen LogP contribution is 2.30. The number of carbonyl (C=O) groups is 3. The number of carbonyl (C=O) groups excluding carboxylic acids is 3. The molecule has 1 heterocycles. The minimum atomic E-state index is -0.715. The number of nitrogens with zero attached hydrogens (tertiary/aromatic N) is 1. The van der Waals surface area contributed by atoms with Crippen molar-refractivity contribution >= 4 is 23.6 Å². The van der Waals surface area contributed by atoms with Gasteiger partial charge in [-0.2, -0.15) is 0 Å². The summed E-state index contributed by atoms with van der Waals surface area (Å²) in [6.07, 6.45) is 6.35. The number of allylic oxidation sites excluding steroid dienone is 2. The van der Waals surface area contributed by atoms with Gasteiger partial charge in [0.05, 0.1) is 32.0 Å². The predicted molar refractivity (Wildman–Crippen MR) is 99.0 cm³/mol. The Morgan fingerprint density at radius 1 is 1.00 bits per heavy atom. The van der Waals surface area contributed by atoms with Gasteiger partial charge in [-0.25, -0.2) is 14.4 Å². The SMILES string of the molecule is CCOC(=O)c1ccc(C)c(N2C=CC=CC(C(=O)OC)=C2C(=O)OC)c1. The molecule has 0 bridgehead atoms. The van der Waals surface area contributed by atoms with E-state index in [-0.39, 0.29) is 17.9 Å². The lowest BCUT2D eigenvalue weighted by Crippen LogP contribution is -2.27. The summed E-state index contributed by atoms with van der Waals surface area (Å²) in [5, 5.41) is 0. The second kappa shape index (κ2) is 8.84. The highest BCUT2D eigenvalue weighted by molar-refractivity contribution is 6.05. The van der Waals surface area contributed by atoms with Crippen LogP contribution >= 0.6 is 0 Å². The molecule has 0 atom stereocenters. The van der Waals surface area contributed by atoms with Crippen LogP contribution in [0.25, 0.3) is 0 Å². The van der Waals surface area contributed by atoms with E-state index in [2.05, 4.69) is 0 Å². The molecule has 0 unspecified atom stereocenters. The number of methoxy groups -OCH3 is 2. The third kappa shape index (κ3) is 4.25. The van der Waals surface area contributed by atoms with Gasteiger partial charge in [0.2, 0.25) is 0 Å². The number of anilines is 1. The Balaban J connectivity index is 2.67. The zero-order chi connectivity index (χ0) is 20.0. The fraction of sp³-hybridized carbons (Fsp3) is 0.250. The molecule has 0 spiro atoms. The average molecular weight is 371 g/mol. The zero-order valence-electron chi connectivity index (χ0n) is 15.6. The second-order valence-electron chi connectivity index (χ2n) is 5.54. The fourth-order valence-electron chi connectivity index (χ4n) is 2.56. The summed E-state index contributed by atoms with van der Waals surface area (Å²) in [5.74, 6) is -1.88. The summed E-state index contributed by atoms with van der Waals surface area (Å²) >= 11 is 0. The molecule has 1 aromatic rings. The van der Waals surface area contributed by atoms with E-state index in [1.165, 1.54) is 25.2 Å². The van der Waals surface area contributed by atoms with E-state index < -0.39 is 17.9 Å². The number of ether oxygens (including phenoxy) is 3. The lowest BCUT2D eigenvalue weighted by molar-refractivity contribution is -0.139. The maximum atomic E-state index is 12.5. The molecule has 1 aliphatic rings. The van der Waals surface area contributed by atoms with E-state index in [9.17, 15) is 14.4 Å². The molecule has 0 radical (unpaired) electrons. The molecule has 1 aliphatic heterocycles. The number of rotatable bonds is 5. The third-order valence-electron chi connectivity index (χ3n) is 3.87. The van der Waals surface area contributed by atoms with Crippen LogP contribution in [0.3, 0.4) is 0 Å². The van der Waals surface area contributed by atoms with Crippen molar-refractivity contribution in [1.82, 2.24) is 0 Å². The number of aryl methyl sites for hydroxylation is 1. The molecule has 0 fully saturated rings. The summed E-state index contributed by atoms with van der Waals surface area (Å²) in [4.78, 5) is 38.3. The molecule has 7 heteroatoms. The molecule has 0 aromatic heterocycles. The van der Waals surface area contributed by atoms with Gasteiger partial charge in [0, 0.05) is 11.9 Å². The van der Waals surface area contributed by atoms with E-state index in [1.807, 2.05) is 6.92 Å². The van der Waals surface area contributed by atoms with Crippen molar-refractivity contribution in [2.45, 2.75) is 13.8 Å². The smallest absolute Gasteiger partial charge is 0.355 e. The van der Waals surface area contributed by atoms with Crippen LogP contribution in [0.15, 0.2) is 53.9 Å². The average Bonchev–Trinajstić information content (AvgIpc) is 2.90. The first-order valence-corrected chi connectivity index (χ1v) is 8.27. The summed E-state index contributed by atoms with van der Waals surface area (Å²) in [6.45, 7) is 3.79. The van der Waals surface area contributed by atoms with E-state index in [0.717, 1.165) is 5.56 Å². The molecule has 142 valence electrons. The molecule has 0 saturated heterocycles. The zero-order valence-corrected chi connectivity index (χ0v) is 15.6. The molecular formula is C20H21NO6. The molecule has 7 nitrogen and oxygen atoms in total. The Morgan fingerprint density at radius 2 is 1.70 bits per heavy atom. The lowest BCUT2D eigenvalue weighted by Gasteiger charge is -2.25. The minimum Gasteiger partial charge on any atom is -0.465 e. The van der Waals surface area contributed by atoms with Crippen molar-refractivity contribution < 1.29 is 28.6 Å². The summed E-state index contributed by atoms with van der Waals surface area (Å²) in [5.41, 5.74) is 1.66. The van der Waals surface area contributed by atoms with Crippen LogP contribution in [0.4, 0.5) is 5.69 Å². The van der Waals surface area contributed by atoms with E-state index in [4.69, 9.17) is 14.2 Å². The number of hydrogen-bond donors (Lipinski definition) is 0. The molecule has 2 rings (SSSR count). The van der Waals surface area contributed by atoms with Crippen molar-refractivity contribution in [2.24, 2.45) is 0 Å². The maximum absolute atomic E-state index is 12.5. The molecular weight excluding hydrogens is 350 g/mol. The second-order valence-corrected chi connectivity index (χ2v) is 5.54. The standard InChI is InChI=1S/C20H21NO6/c1-5-27-18(22)14-10-9-13(2)16(12-14)21-11-7-6-8-15(19(23)25-3)17(21)20(24)26-4/h6-12H,5H2,1-4H3. The Kier molecular flexibility index (Phi) is 6.54. The first-order chi connectivity index (χ1) is 12.9. The van der Waals surface area contributed by atoms with Gasteiger partial charge in [-0.1, -0.05) is 12.1 Å². The lowest BCUT2D eigenvalue weighted by atomic mass is 10.1. The van der Waals surface area contributed by atoms with Gasteiger partial charge in [-0.3, -0.25) is 0 Å². The highest BCUT2D eigenvalue weighted by Gasteiger charge is 2.28. The molecule has 1 aromatic carbocycles. The quantitative estimate of drug-likeness (QED) is 0.581. The monoisotopic (exact) mass is 371 g/mol. The van der Waals surface area contributed by atoms with Gasteiger partial charge in [-0.15, -0.1) is 0 Å². The summed E-state index contributed by atoms with van der Waals surface area (Å²) in [6, 6.07) is 4.97. The van der Waals surface area contributed by atoms with Crippen LogP contribution in [0.5, 0.6) is 0 Å². The Hall–Kier alpha value is -3.35. The van der Waals surface area contributed by atoms with Crippen molar-refractivity contribution in [2.75, 3.05) is 25.7 Å². The van der Waals surface area contributed by atoms with Crippen LogP contribution in [0.1, 0.15) is 22.8 Å². The highest BCUT2D eigenvalue weighted by atomic mass is 16.5. The van der Waals surface area contributed by atoms with Gasteiger partial charge < -0.3 is 19.1 Å². The van der Waals surface area contributed by atoms with Gasteiger partial charge in [-0.05, 0) is 43.7 Å². The topological polar surface area (TPSA) is 82.1 Å². The van der Waals surface area contributed by atoms with Crippen molar-refractivity contribution in [1.29, 1.82) is 0 Å². The van der Waals surface area contributed by atoms with Gasteiger partial charge >= 0.3 is 17.9 Å². The van der Waals surface area contributed by atoms with Crippen LogP contribution in [0, 0.1) is 6.92 Å². The third-order valence-corrected chi connectivity index (χ3v) is 3.87. The van der Waals surface area contributed by atoms with Gasteiger partial charge in [0.25, 0.3) is 0 Å². The number of esters is 3. The van der Waals surface area contributed by atoms with Crippen LogP contribution in [0.2, 0.25) is 0 Å². The molecule has 0 N–H and O–H groups in total. The van der Waals surface area contributed by atoms with Crippen molar-refractivity contribution in [3.05, 3.63) is 65.0 Å². The normalized spacial score (nSPS) is 13.3. The van der Waals surface area contributed by atoms with Crippen molar-refractivity contribution in [3.8, 4) is 0 Å². The van der Waals surface area contributed by atoms with Crippen LogP contribution in [-0.2, 0) is 23.8 Å². The first-order valence-electron chi connectivity index (χ1n) is 8.27. The van der Waals surface area contributed by atoms with Gasteiger partial charge in [0.15, 0.2) is 0 Å². The van der Waals surface area contributed by atoms with E-state index >= 15 is 0 Å². The fourth-order valence-corrected chi connectivity index (χ4v) is 2.56. The Morgan fingerprint density at radius 3 is 2.33 bits per heavy atom. The van der Waals surface area contributed by atoms with Crippen molar-refractivity contribution in [3.63, 3.8) is 0 Å². The van der Waals surface area contributed by atoms with E-state index in [1.54, 1.807) is 43.5 Å². The number of hydrogen-bond acceptors (Lipinski definition) is 7. The summed E-state index contributed by atoms with van der Waals surface area (Å²) in [7, 11) is 2.45. The first kappa shape index (κ1) is 20.0. The largest absolute Gasteiger partial charge is 0.465 e. The van der Waals surface area contributed by atoms with Crippen LogP contribution in [-0.4, -0.2) is 38.7 Å². The summed E-state index contributed by atoms with van der Waals surface area (Å²) < 4.78 is 14.7. The minimum absolute atomic E-state index is 0.0153. The Labute approximate surface area is 157 Å². The molecule has 27 heavy (non-hydrogen) atoms. The van der Waals surface area contributed by atoms with Gasteiger partial charge in [0.1, 0.15) is 5.70 Å². The predicted octanol–water partition coefficient (Wildman–Crippen LogP) is 2.66. The molecule has 0 saturated carbocycles.